The van der Waals surface area contributed by atoms with E-state index in [9.17, 15) is 0 Å². The maximum Gasteiger partial charge on any atom is 0.0220 e. The fourth-order valence-electron chi connectivity index (χ4n) is 2.17. The molecule has 0 bridgehead atoms. The van der Waals surface area contributed by atoms with Crippen LogP contribution in [-0.4, -0.2) is 37.1 Å². The van der Waals surface area contributed by atoms with Crippen molar-refractivity contribution in [1.29, 1.82) is 0 Å². The van der Waals surface area contributed by atoms with Gasteiger partial charge in [0.05, 0.1) is 0 Å². The Morgan fingerprint density at radius 2 is 1.59 bits per heavy atom. The molecule has 3 unspecified atom stereocenters. The molecule has 0 fully saturated rings. The van der Waals surface area contributed by atoms with Crippen LogP contribution in [0.25, 0.3) is 0 Å². The summed E-state index contributed by atoms with van der Waals surface area (Å²) in [6.07, 6.45) is 2.55. The van der Waals surface area contributed by atoms with Crippen LogP contribution in [0.1, 0.15) is 54.4 Å². The van der Waals surface area contributed by atoms with Crippen LogP contribution < -0.4 is 5.32 Å². The number of nitrogens with one attached hydrogen (secondary N) is 1. The molecular weight excluding hydrogens is 208 g/mol. The molecular formula is C15H34N2. The van der Waals surface area contributed by atoms with Crippen molar-refractivity contribution < 1.29 is 0 Å². The third kappa shape index (κ3) is 7.05. The van der Waals surface area contributed by atoms with Crippen LogP contribution in [0.5, 0.6) is 0 Å². The smallest absolute Gasteiger partial charge is 0.0220 e. The van der Waals surface area contributed by atoms with Crippen LogP contribution in [0.3, 0.4) is 0 Å². The van der Waals surface area contributed by atoms with E-state index in [4.69, 9.17) is 0 Å². The highest BCUT2D eigenvalue weighted by atomic mass is 15.1. The van der Waals surface area contributed by atoms with Crippen molar-refractivity contribution >= 4 is 0 Å². The quantitative estimate of drug-likeness (QED) is 0.632. The van der Waals surface area contributed by atoms with Crippen molar-refractivity contribution in [2.75, 3.05) is 26.2 Å². The highest BCUT2D eigenvalue weighted by Gasteiger charge is 2.18. The zero-order chi connectivity index (χ0) is 13.3. The molecule has 104 valence electrons. The van der Waals surface area contributed by atoms with Gasteiger partial charge in [-0.05, 0) is 24.9 Å². The van der Waals surface area contributed by atoms with Crippen molar-refractivity contribution in [3.8, 4) is 0 Å². The molecule has 2 nitrogen and oxygen atoms in total. The van der Waals surface area contributed by atoms with E-state index in [1.165, 1.54) is 32.5 Å². The molecule has 0 rings (SSSR count). The van der Waals surface area contributed by atoms with Gasteiger partial charge in [-0.1, -0.05) is 54.4 Å². The Bertz CT molecular complexity index is 170. The highest BCUT2D eigenvalue weighted by molar-refractivity contribution is 4.76. The largest absolute Gasteiger partial charge is 0.313 e. The average Bonchev–Trinajstić information content (AvgIpc) is 2.35. The lowest BCUT2D eigenvalue weighted by Crippen LogP contribution is -2.45. The number of hydrogen-bond donors (Lipinski definition) is 1. The minimum Gasteiger partial charge on any atom is -0.313 e. The molecule has 0 radical (unpaired) electrons. The molecule has 0 aliphatic carbocycles. The summed E-state index contributed by atoms with van der Waals surface area (Å²) in [4.78, 5) is 2.60. The molecule has 0 saturated carbocycles. The van der Waals surface area contributed by atoms with Gasteiger partial charge in [-0.2, -0.15) is 0 Å². The molecule has 1 N–H and O–H groups in total. The fourth-order valence-corrected chi connectivity index (χ4v) is 2.17. The zero-order valence-corrected chi connectivity index (χ0v) is 12.9. The molecule has 0 aromatic heterocycles. The van der Waals surface area contributed by atoms with Gasteiger partial charge < -0.3 is 10.2 Å². The first-order valence-corrected chi connectivity index (χ1v) is 7.54. The van der Waals surface area contributed by atoms with Crippen LogP contribution in [0.15, 0.2) is 0 Å². The predicted molar refractivity (Wildman–Crippen MR) is 78.5 cm³/mol. The standard InChI is InChI=1S/C15H34N2/c1-7-13(5)11-17(10-4)12-15(16-9-3)14(6)8-2/h13-16H,7-12H2,1-6H3. The van der Waals surface area contributed by atoms with Gasteiger partial charge in [-0.3, -0.25) is 0 Å². The van der Waals surface area contributed by atoms with Gasteiger partial charge in [-0.15, -0.1) is 0 Å². The number of rotatable bonds is 10. The monoisotopic (exact) mass is 242 g/mol. The number of likely N-dealkylation sites (N-methyl/N-ethyl adjacent to an activating group) is 2. The summed E-state index contributed by atoms with van der Waals surface area (Å²) >= 11 is 0. The molecule has 0 aliphatic rings. The normalized spacial score (nSPS) is 17.1. The summed E-state index contributed by atoms with van der Waals surface area (Å²) in [5.74, 6) is 1.58. The summed E-state index contributed by atoms with van der Waals surface area (Å²) in [6.45, 7) is 18.5. The first-order valence-electron chi connectivity index (χ1n) is 7.54. The molecule has 17 heavy (non-hydrogen) atoms. The third-order valence-electron chi connectivity index (χ3n) is 3.97. The molecule has 3 atom stereocenters. The maximum absolute atomic E-state index is 3.65. The van der Waals surface area contributed by atoms with Crippen molar-refractivity contribution in [1.82, 2.24) is 10.2 Å². The van der Waals surface area contributed by atoms with Gasteiger partial charge in [0.25, 0.3) is 0 Å². The zero-order valence-electron chi connectivity index (χ0n) is 12.9. The molecule has 0 spiro atoms. The molecule has 0 aromatic rings. The Hall–Kier alpha value is -0.0800. The maximum atomic E-state index is 3.65. The van der Waals surface area contributed by atoms with Crippen LogP contribution >= 0.6 is 0 Å². The number of nitrogens with zero attached hydrogens (tertiary/aromatic N) is 1. The van der Waals surface area contributed by atoms with E-state index in [0.29, 0.717) is 6.04 Å². The van der Waals surface area contributed by atoms with Crippen molar-refractivity contribution in [3.63, 3.8) is 0 Å². The summed E-state index contributed by atoms with van der Waals surface area (Å²) in [7, 11) is 0. The Balaban J connectivity index is 4.27. The van der Waals surface area contributed by atoms with Crippen LogP contribution in [-0.2, 0) is 0 Å². The lowest BCUT2D eigenvalue weighted by molar-refractivity contribution is 0.196. The second-order valence-corrected chi connectivity index (χ2v) is 5.42. The molecule has 0 heterocycles. The molecule has 0 aliphatic heterocycles. The van der Waals surface area contributed by atoms with Gasteiger partial charge in [-0.25, -0.2) is 0 Å². The van der Waals surface area contributed by atoms with Crippen molar-refractivity contribution in [2.45, 2.75) is 60.4 Å². The SMILES string of the molecule is CCNC(CN(CC)CC(C)CC)C(C)CC. The van der Waals surface area contributed by atoms with Crippen LogP contribution in [0.4, 0.5) is 0 Å². The Morgan fingerprint density at radius 1 is 0.941 bits per heavy atom. The second-order valence-electron chi connectivity index (χ2n) is 5.42. The first-order chi connectivity index (χ1) is 8.08. The minimum atomic E-state index is 0.647. The Morgan fingerprint density at radius 3 is 2.00 bits per heavy atom. The summed E-state index contributed by atoms with van der Waals surface area (Å²) in [5.41, 5.74) is 0. The number of hydrogen-bond acceptors (Lipinski definition) is 2. The van der Waals surface area contributed by atoms with Crippen LogP contribution in [0, 0.1) is 11.8 Å². The van der Waals surface area contributed by atoms with Gasteiger partial charge in [0.2, 0.25) is 0 Å². The van der Waals surface area contributed by atoms with Gasteiger partial charge in [0.1, 0.15) is 0 Å². The van der Waals surface area contributed by atoms with Gasteiger partial charge >= 0.3 is 0 Å². The van der Waals surface area contributed by atoms with E-state index >= 15 is 0 Å². The molecule has 2 heteroatoms. The predicted octanol–water partition coefficient (Wildman–Crippen LogP) is 3.38. The van der Waals surface area contributed by atoms with E-state index < -0.39 is 0 Å². The van der Waals surface area contributed by atoms with E-state index in [-0.39, 0.29) is 0 Å². The fraction of sp³-hybridized carbons (Fsp3) is 1.00. The highest BCUT2D eigenvalue weighted by Crippen LogP contribution is 2.11. The lowest BCUT2D eigenvalue weighted by atomic mass is 9.98. The van der Waals surface area contributed by atoms with E-state index in [0.717, 1.165) is 18.4 Å². The van der Waals surface area contributed by atoms with E-state index in [1.54, 1.807) is 0 Å². The minimum absolute atomic E-state index is 0.647. The molecule has 0 aromatic carbocycles. The Labute approximate surface area is 109 Å². The van der Waals surface area contributed by atoms with Gasteiger partial charge in [0, 0.05) is 19.1 Å². The summed E-state index contributed by atoms with van der Waals surface area (Å²) in [5, 5.41) is 3.65. The van der Waals surface area contributed by atoms with Gasteiger partial charge in [0.15, 0.2) is 0 Å². The first kappa shape index (κ1) is 16.9. The summed E-state index contributed by atoms with van der Waals surface area (Å²) in [6, 6.07) is 0.647. The average molecular weight is 242 g/mol. The van der Waals surface area contributed by atoms with Crippen molar-refractivity contribution in [3.05, 3.63) is 0 Å². The summed E-state index contributed by atoms with van der Waals surface area (Å²) < 4.78 is 0. The Kier molecular flexibility index (Phi) is 9.85. The van der Waals surface area contributed by atoms with Crippen molar-refractivity contribution in [2.24, 2.45) is 11.8 Å². The lowest BCUT2D eigenvalue weighted by Gasteiger charge is -2.32. The third-order valence-corrected chi connectivity index (χ3v) is 3.97. The molecule has 0 amide bonds. The van der Waals surface area contributed by atoms with Crippen LogP contribution in [0.2, 0.25) is 0 Å². The molecule has 0 saturated heterocycles. The second kappa shape index (κ2) is 9.90. The van der Waals surface area contributed by atoms with E-state index in [1.807, 2.05) is 0 Å². The van der Waals surface area contributed by atoms with E-state index in [2.05, 4.69) is 51.8 Å². The topological polar surface area (TPSA) is 15.3 Å².